The molecule has 0 fully saturated rings. The molecule has 1 aliphatic heterocycles. The molecule has 196 valence electrons. The SMILES string of the molecule is CCC1CN(C(=O)c2ccc(OC)cc2)c2ccccc21.CCCCNC(=O)Cc1ccc(OC)cc1. The van der Waals surface area contributed by atoms with E-state index in [2.05, 4.69) is 25.2 Å². The van der Waals surface area contributed by atoms with Crippen molar-refractivity contribution in [1.82, 2.24) is 5.32 Å². The third kappa shape index (κ3) is 7.59. The summed E-state index contributed by atoms with van der Waals surface area (Å²) >= 11 is 0. The van der Waals surface area contributed by atoms with Gasteiger partial charge in [-0.1, -0.05) is 50.6 Å². The molecular weight excluding hydrogens is 464 g/mol. The summed E-state index contributed by atoms with van der Waals surface area (Å²) < 4.78 is 10.2. The summed E-state index contributed by atoms with van der Waals surface area (Å²) in [5, 5.41) is 2.89. The quantitative estimate of drug-likeness (QED) is 0.364. The molecule has 0 saturated carbocycles. The molecule has 2 amide bonds. The third-order valence-electron chi connectivity index (χ3n) is 6.52. The van der Waals surface area contributed by atoms with E-state index in [1.807, 2.05) is 71.6 Å². The van der Waals surface area contributed by atoms with Crippen LogP contribution in [0.15, 0.2) is 72.8 Å². The highest BCUT2D eigenvalue weighted by molar-refractivity contribution is 6.07. The molecular formula is C31H38N2O4. The van der Waals surface area contributed by atoms with Gasteiger partial charge < -0.3 is 19.7 Å². The molecule has 0 aliphatic carbocycles. The first kappa shape index (κ1) is 27.8. The lowest BCUT2D eigenvalue weighted by Gasteiger charge is -2.18. The summed E-state index contributed by atoms with van der Waals surface area (Å²) in [5.74, 6) is 2.15. The fraction of sp³-hybridized carbons (Fsp3) is 0.355. The second kappa shape index (κ2) is 14.1. The Kier molecular flexibility index (Phi) is 10.6. The van der Waals surface area contributed by atoms with E-state index in [4.69, 9.17) is 9.47 Å². The number of rotatable bonds is 9. The van der Waals surface area contributed by atoms with Crippen LogP contribution in [-0.2, 0) is 11.2 Å². The van der Waals surface area contributed by atoms with Crippen LogP contribution in [0, 0.1) is 0 Å². The van der Waals surface area contributed by atoms with Gasteiger partial charge in [0.1, 0.15) is 11.5 Å². The van der Waals surface area contributed by atoms with Crippen molar-refractivity contribution in [3.8, 4) is 11.5 Å². The average Bonchev–Trinajstić information content (AvgIpc) is 3.32. The lowest BCUT2D eigenvalue weighted by molar-refractivity contribution is -0.120. The first-order valence-electron chi connectivity index (χ1n) is 12.9. The Labute approximate surface area is 220 Å². The summed E-state index contributed by atoms with van der Waals surface area (Å²) in [6.45, 7) is 5.81. The van der Waals surface area contributed by atoms with E-state index in [-0.39, 0.29) is 11.8 Å². The maximum atomic E-state index is 12.8. The van der Waals surface area contributed by atoms with Gasteiger partial charge in [-0.25, -0.2) is 0 Å². The molecule has 3 aromatic rings. The second-order valence-electron chi connectivity index (χ2n) is 9.04. The van der Waals surface area contributed by atoms with E-state index in [0.29, 0.717) is 17.9 Å². The zero-order chi connectivity index (χ0) is 26.6. The number of hydrogen-bond donors (Lipinski definition) is 1. The smallest absolute Gasteiger partial charge is 0.258 e. The van der Waals surface area contributed by atoms with Crippen LogP contribution in [-0.4, -0.2) is 39.1 Å². The first-order chi connectivity index (χ1) is 18.0. The molecule has 6 heteroatoms. The molecule has 3 aromatic carbocycles. The monoisotopic (exact) mass is 502 g/mol. The molecule has 0 spiro atoms. The molecule has 0 saturated heterocycles. The molecule has 0 radical (unpaired) electrons. The van der Waals surface area contributed by atoms with Crippen LogP contribution >= 0.6 is 0 Å². The number of anilines is 1. The van der Waals surface area contributed by atoms with E-state index < -0.39 is 0 Å². The van der Waals surface area contributed by atoms with Gasteiger partial charge in [0.15, 0.2) is 0 Å². The molecule has 37 heavy (non-hydrogen) atoms. The number of carbonyl (C=O) groups excluding carboxylic acids is 2. The number of unbranched alkanes of at least 4 members (excludes halogenated alkanes) is 1. The maximum Gasteiger partial charge on any atom is 0.258 e. The van der Waals surface area contributed by atoms with Crippen LogP contribution in [0.3, 0.4) is 0 Å². The Morgan fingerprint density at radius 3 is 2.11 bits per heavy atom. The van der Waals surface area contributed by atoms with Crippen LogP contribution < -0.4 is 19.7 Å². The Bertz CT molecular complexity index is 1140. The van der Waals surface area contributed by atoms with Gasteiger partial charge in [0.05, 0.1) is 20.6 Å². The fourth-order valence-corrected chi connectivity index (χ4v) is 4.32. The van der Waals surface area contributed by atoms with Crippen molar-refractivity contribution in [2.45, 2.75) is 45.4 Å². The van der Waals surface area contributed by atoms with E-state index in [0.717, 1.165) is 55.1 Å². The van der Waals surface area contributed by atoms with Gasteiger partial charge in [-0.05, 0) is 66.4 Å². The second-order valence-corrected chi connectivity index (χ2v) is 9.04. The number of hydrogen-bond acceptors (Lipinski definition) is 4. The summed E-state index contributed by atoms with van der Waals surface area (Å²) in [5.41, 5.74) is 4.03. The maximum absolute atomic E-state index is 12.8. The Balaban J connectivity index is 0.000000214. The summed E-state index contributed by atoms with van der Waals surface area (Å²) in [7, 11) is 3.26. The van der Waals surface area contributed by atoms with E-state index >= 15 is 0 Å². The predicted octanol–water partition coefficient (Wildman–Crippen LogP) is 6.00. The zero-order valence-corrected chi connectivity index (χ0v) is 22.3. The number of fused-ring (bicyclic) bond motifs is 1. The minimum atomic E-state index is 0.0565. The first-order valence-corrected chi connectivity index (χ1v) is 12.9. The van der Waals surface area contributed by atoms with Crippen molar-refractivity contribution < 1.29 is 19.1 Å². The lowest BCUT2D eigenvalue weighted by atomic mass is 9.99. The molecule has 6 nitrogen and oxygen atoms in total. The van der Waals surface area contributed by atoms with E-state index in [9.17, 15) is 9.59 Å². The number of methoxy groups -OCH3 is 2. The van der Waals surface area contributed by atoms with Crippen molar-refractivity contribution in [2.24, 2.45) is 0 Å². The molecule has 1 atom stereocenters. The molecule has 1 unspecified atom stereocenters. The highest BCUT2D eigenvalue weighted by Gasteiger charge is 2.31. The molecule has 1 N–H and O–H groups in total. The largest absolute Gasteiger partial charge is 0.497 e. The molecule has 0 aromatic heterocycles. The zero-order valence-electron chi connectivity index (χ0n) is 22.3. The van der Waals surface area contributed by atoms with Crippen LogP contribution in [0.25, 0.3) is 0 Å². The lowest BCUT2D eigenvalue weighted by Crippen LogP contribution is -2.29. The number of benzene rings is 3. The van der Waals surface area contributed by atoms with Gasteiger partial charge >= 0.3 is 0 Å². The Morgan fingerprint density at radius 2 is 1.51 bits per heavy atom. The number of nitrogens with one attached hydrogen (secondary N) is 1. The van der Waals surface area contributed by atoms with E-state index in [1.165, 1.54) is 5.56 Å². The number of carbonyl (C=O) groups is 2. The highest BCUT2D eigenvalue weighted by atomic mass is 16.5. The van der Waals surface area contributed by atoms with Crippen LogP contribution in [0.2, 0.25) is 0 Å². The Morgan fingerprint density at radius 1 is 0.892 bits per heavy atom. The standard InChI is InChI=1S/C18H19NO2.C13H19NO2/c1-3-13-12-19(17-7-5-4-6-16(13)17)18(20)14-8-10-15(21-2)11-9-14;1-3-4-9-14-13(15)10-11-5-7-12(16-2)8-6-11/h4-11,13H,3,12H2,1-2H3;5-8H,3-4,9-10H2,1-2H3,(H,14,15). The van der Waals surface area contributed by atoms with Crippen LogP contribution in [0.1, 0.15) is 60.5 Å². The van der Waals surface area contributed by atoms with Crippen molar-refractivity contribution in [3.05, 3.63) is 89.5 Å². The Hall–Kier alpha value is -3.80. The molecule has 0 bridgehead atoms. The van der Waals surface area contributed by atoms with Gasteiger partial charge in [0.25, 0.3) is 5.91 Å². The predicted molar refractivity (Wildman–Crippen MR) is 149 cm³/mol. The molecule has 1 aliphatic rings. The summed E-state index contributed by atoms with van der Waals surface area (Å²) in [4.78, 5) is 26.1. The van der Waals surface area contributed by atoms with Gasteiger partial charge in [-0.15, -0.1) is 0 Å². The number of para-hydroxylation sites is 1. The van der Waals surface area contributed by atoms with Crippen LogP contribution in [0.4, 0.5) is 5.69 Å². The molecule has 1 heterocycles. The van der Waals surface area contributed by atoms with Gasteiger partial charge in [-0.2, -0.15) is 0 Å². The summed E-state index contributed by atoms with van der Waals surface area (Å²) in [6, 6.07) is 23.1. The number of nitrogens with zero attached hydrogens (tertiary/aromatic N) is 1. The van der Waals surface area contributed by atoms with Crippen molar-refractivity contribution in [3.63, 3.8) is 0 Å². The minimum Gasteiger partial charge on any atom is -0.497 e. The topological polar surface area (TPSA) is 67.9 Å². The fourth-order valence-electron chi connectivity index (χ4n) is 4.32. The minimum absolute atomic E-state index is 0.0565. The average molecular weight is 503 g/mol. The van der Waals surface area contributed by atoms with Crippen LogP contribution in [0.5, 0.6) is 11.5 Å². The highest BCUT2D eigenvalue weighted by Crippen LogP contribution is 2.38. The van der Waals surface area contributed by atoms with Gasteiger partial charge in [-0.3, -0.25) is 9.59 Å². The van der Waals surface area contributed by atoms with Crippen molar-refractivity contribution in [1.29, 1.82) is 0 Å². The number of ether oxygens (including phenoxy) is 2. The van der Waals surface area contributed by atoms with Crippen molar-refractivity contribution in [2.75, 3.05) is 32.2 Å². The normalized spacial score (nSPS) is 13.7. The number of amides is 2. The van der Waals surface area contributed by atoms with Gasteiger partial charge in [0.2, 0.25) is 5.91 Å². The molecule has 4 rings (SSSR count). The van der Waals surface area contributed by atoms with Crippen molar-refractivity contribution >= 4 is 17.5 Å². The van der Waals surface area contributed by atoms with E-state index in [1.54, 1.807) is 14.2 Å². The summed E-state index contributed by atoms with van der Waals surface area (Å²) in [6.07, 6.45) is 3.62. The third-order valence-corrected chi connectivity index (χ3v) is 6.52. The van der Waals surface area contributed by atoms with Gasteiger partial charge in [0, 0.05) is 30.3 Å².